The minimum absolute atomic E-state index is 0.909. The molecule has 0 saturated heterocycles. The number of hydrogen-bond acceptors (Lipinski definition) is 2. The Hall–Kier alpha value is -7.42. The van der Waals surface area contributed by atoms with Crippen LogP contribution in [0.5, 0.6) is 0 Å². The summed E-state index contributed by atoms with van der Waals surface area (Å²) in [5, 5.41) is 9.87. The summed E-state index contributed by atoms with van der Waals surface area (Å²) >= 11 is 0. The number of fused-ring (bicyclic) bond motifs is 7. The van der Waals surface area contributed by atoms with Gasteiger partial charge in [-0.15, -0.1) is 0 Å². The first-order chi connectivity index (χ1) is 29.0. The van der Waals surface area contributed by atoms with Crippen molar-refractivity contribution < 1.29 is 4.42 Å². The molecule has 0 unspecified atom stereocenters. The van der Waals surface area contributed by atoms with E-state index in [4.69, 9.17) is 4.42 Å². The van der Waals surface area contributed by atoms with E-state index in [2.05, 4.69) is 208 Å². The van der Waals surface area contributed by atoms with E-state index in [0.29, 0.717) is 0 Å². The number of aryl methyl sites for hydroxylation is 3. The molecule has 0 amide bonds. The van der Waals surface area contributed by atoms with Crippen LogP contribution < -0.4 is 4.90 Å². The summed E-state index contributed by atoms with van der Waals surface area (Å²) in [5.74, 6) is 0. The van der Waals surface area contributed by atoms with Gasteiger partial charge < -0.3 is 9.32 Å². The Morgan fingerprint density at radius 3 is 1.76 bits per heavy atom. The molecule has 0 bridgehead atoms. The fraction of sp³-hybridized carbons (Fsp3) is 0.0526. The molecular formula is C57H41NO. The summed E-state index contributed by atoms with van der Waals surface area (Å²) in [6.07, 6.45) is 0. The molecule has 2 nitrogen and oxygen atoms in total. The van der Waals surface area contributed by atoms with Crippen molar-refractivity contribution in [2.24, 2.45) is 0 Å². The lowest BCUT2D eigenvalue weighted by atomic mass is 9.91. The molecule has 10 aromatic carbocycles. The van der Waals surface area contributed by atoms with Crippen LogP contribution in [0.2, 0.25) is 0 Å². The smallest absolute Gasteiger partial charge is 0.143 e. The Labute approximate surface area is 344 Å². The monoisotopic (exact) mass is 755 g/mol. The highest BCUT2D eigenvalue weighted by molar-refractivity contribution is 6.11. The number of nitrogens with zero attached hydrogens (tertiary/aromatic N) is 1. The van der Waals surface area contributed by atoms with E-state index in [0.717, 1.165) is 50.1 Å². The molecule has 0 aliphatic carbocycles. The summed E-state index contributed by atoms with van der Waals surface area (Å²) in [6, 6.07) is 70.7. The van der Waals surface area contributed by atoms with Crippen molar-refractivity contribution in [3.8, 4) is 33.4 Å². The van der Waals surface area contributed by atoms with Crippen LogP contribution in [0.1, 0.15) is 16.7 Å². The average molecular weight is 756 g/mol. The van der Waals surface area contributed by atoms with E-state index in [1.807, 2.05) is 12.1 Å². The number of rotatable bonds is 6. The third kappa shape index (κ3) is 5.87. The Bertz CT molecular complexity index is 3420. The van der Waals surface area contributed by atoms with Crippen molar-refractivity contribution in [3.05, 3.63) is 211 Å². The van der Waals surface area contributed by atoms with Gasteiger partial charge in [-0.3, -0.25) is 0 Å². The maximum Gasteiger partial charge on any atom is 0.143 e. The molecule has 0 aliphatic heterocycles. The Morgan fingerprint density at radius 2 is 0.932 bits per heavy atom. The van der Waals surface area contributed by atoms with Gasteiger partial charge in [0.05, 0.1) is 0 Å². The maximum absolute atomic E-state index is 6.44. The summed E-state index contributed by atoms with van der Waals surface area (Å²) in [7, 11) is 0. The molecule has 0 N–H and O–H groups in total. The van der Waals surface area contributed by atoms with E-state index in [9.17, 15) is 0 Å². The SMILES string of the molecule is Cc1cc(N(c2ccc(-c3cccc4c3oc3ccccc34)cc2)c2ccc3cc(C)c4ccccc4c3c2)ccc1-c1ccc(-c2cccc3ccccc23)c(C)c1. The van der Waals surface area contributed by atoms with Crippen LogP contribution >= 0.6 is 0 Å². The van der Waals surface area contributed by atoms with Crippen LogP contribution in [0.15, 0.2) is 199 Å². The standard InChI is InChI=1S/C57H41NO/c1-36-33-42-24-28-45(35-55(42)52-16-7-6-14-47(36)52)58(43-26-22-40(23-27-43)50-18-11-20-54-53-17-8-9-21-56(53)59-57(50)54)44-29-31-46(38(3)34-44)41-25-30-48(37(2)32-41)51-19-10-13-39-12-4-5-15-49(39)51/h4-35H,1-3H3. The van der Waals surface area contributed by atoms with Crippen LogP contribution in [-0.4, -0.2) is 0 Å². The second-order valence-corrected chi connectivity index (χ2v) is 15.9. The quantitative estimate of drug-likeness (QED) is 0.157. The zero-order valence-corrected chi connectivity index (χ0v) is 33.3. The first-order valence-corrected chi connectivity index (χ1v) is 20.4. The molecule has 1 heterocycles. The lowest BCUT2D eigenvalue weighted by Gasteiger charge is -2.27. The molecule has 0 radical (unpaired) electrons. The molecule has 280 valence electrons. The minimum atomic E-state index is 0.909. The van der Waals surface area contributed by atoms with Crippen molar-refractivity contribution >= 4 is 71.3 Å². The number of para-hydroxylation sites is 2. The maximum atomic E-state index is 6.44. The van der Waals surface area contributed by atoms with E-state index >= 15 is 0 Å². The first-order valence-electron chi connectivity index (χ1n) is 20.4. The van der Waals surface area contributed by atoms with Gasteiger partial charge in [0, 0.05) is 33.4 Å². The van der Waals surface area contributed by atoms with Crippen LogP contribution in [0.3, 0.4) is 0 Å². The number of benzene rings is 10. The average Bonchev–Trinajstić information content (AvgIpc) is 3.66. The summed E-state index contributed by atoms with van der Waals surface area (Å²) in [5.41, 5.74) is 16.1. The zero-order valence-electron chi connectivity index (χ0n) is 33.3. The number of hydrogen-bond donors (Lipinski definition) is 0. The third-order valence-electron chi connectivity index (χ3n) is 12.2. The highest BCUT2D eigenvalue weighted by Gasteiger charge is 2.18. The summed E-state index contributed by atoms with van der Waals surface area (Å²) < 4.78 is 6.44. The molecule has 11 rings (SSSR count). The van der Waals surface area contributed by atoms with Crippen molar-refractivity contribution in [1.29, 1.82) is 0 Å². The second kappa shape index (κ2) is 13.9. The normalized spacial score (nSPS) is 11.6. The van der Waals surface area contributed by atoms with E-state index < -0.39 is 0 Å². The van der Waals surface area contributed by atoms with Crippen LogP contribution in [0.4, 0.5) is 17.1 Å². The molecule has 0 atom stereocenters. The molecule has 0 aliphatic rings. The predicted octanol–water partition coefficient (Wildman–Crippen LogP) is 16.4. The van der Waals surface area contributed by atoms with E-state index in [1.165, 1.54) is 71.3 Å². The minimum Gasteiger partial charge on any atom is -0.455 e. The zero-order chi connectivity index (χ0) is 39.6. The van der Waals surface area contributed by atoms with Gasteiger partial charge in [-0.1, -0.05) is 152 Å². The lowest BCUT2D eigenvalue weighted by Crippen LogP contribution is -2.10. The number of anilines is 3. The fourth-order valence-electron chi connectivity index (χ4n) is 9.33. The molecular weight excluding hydrogens is 715 g/mol. The molecule has 0 fully saturated rings. The van der Waals surface area contributed by atoms with Crippen molar-refractivity contribution in [2.45, 2.75) is 20.8 Å². The van der Waals surface area contributed by atoms with E-state index in [-0.39, 0.29) is 0 Å². The molecule has 1 aromatic heterocycles. The molecule has 59 heavy (non-hydrogen) atoms. The van der Waals surface area contributed by atoms with Gasteiger partial charge in [0.25, 0.3) is 0 Å². The summed E-state index contributed by atoms with van der Waals surface area (Å²) in [4.78, 5) is 2.39. The van der Waals surface area contributed by atoms with Gasteiger partial charge in [0.15, 0.2) is 0 Å². The third-order valence-corrected chi connectivity index (χ3v) is 12.2. The molecule has 2 heteroatoms. The molecule has 11 aromatic rings. The van der Waals surface area contributed by atoms with Crippen LogP contribution in [0.25, 0.3) is 87.6 Å². The largest absolute Gasteiger partial charge is 0.455 e. The Kier molecular flexibility index (Phi) is 8.20. The summed E-state index contributed by atoms with van der Waals surface area (Å²) in [6.45, 7) is 6.67. The van der Waals surface area contributed by atoms with Crippen LogP contribution in [-0.2, 0) is 0 Å². The highest BCUT2D eigenvalue weighted by atomic mass is 16.3. The Balaban J connectivity index is 1.02. The predicted molar refractivity (Wildman–Crippen MR) is 251 cm³/mol. The van der Waals surface area contributed by atoms with Crippen molar-refractivity contribution in [3.63, 3.8) is 0 Å². The fourth-order valence-corrected chi connectivity index (χ4v) is 9.33. The van der Waals surface area contributed by atoms with E-state index in [1.54, 1.807) is 0 Å². The Morgan fingerprint density at radius 1 is 0.322 bits per heavy atom. The van der Waals surface area contributed by atoms with Crippen LogP contribution in [0, 0.1) is 20.8 Å². The topological polar surface area (TPSA) is 16.4 Å². The highest BCUT2D eigenvalue weighted by Crippen LogP contribution is 2.42. The van der Waals surface area contributed by atoms with Gasteiger partial charge in [-0.2, -0.15) is 0 Å². The van der Waals surface area contributed by atoms with Gasteiger partial charge in [-0.05, 0) is 140 Å². The van der Waals surface area contributed by atoms with Crippen molar-refractivity contribution in [1.82, 2.24) is 0 Å². The molecule has 0 saturated carbocycles. The first kappa shape index (κ1) is 34.8. The van der Waals surface area contributed by atoms with Crippen molar-refractivity contribution in [2.75, 3.05) is 4.90 Å². The number of furan rings is 1. The van der Waals surface area contributed by atoms with Gasteiger partial charge in [0.1, 0.15) is 11.2 Å². The second-order valence-electron chi connectivity index (χ2n) is 15.9. The van der Waals surface area contributed by atoms with Gasteiger partial charge in [-0.25, -0.2) is 0 Å². The lowest BCUT2D eigenvalue weighted by molar-refractivity contribution is 0.670. The van der Waals surface area contributed by atoms with Gasteiger partial charge >= 0.3 is 0 Å². The molecule has 0 spiro atoms. The van der Waals surface area contributed by atoms with Gasteiger partial charge in [0.2, 0.25) is 0 Å².